The topological polar surface area (TPSA) is 41.5 Å². The number of rotatable bonds is 2. The third-order valence-corrected chi connectivity index (χ3v) is 2.23. The highest BCUT2D eigenvalue weighted by Gasteiger charge is 2.02. The van der Waals surface area contributed by atoms with Crippen molar-refractivity contribution in [3.63, 3.8) is 0 Å². The average Bonchev–Trinajstić information content (AvgIpc) is 2.27. The summed E-state index contributed by atoms with van der Waals surface area (Å²) in [5.41, 5.74) is 1.21. The summed E-state index contributed by atoms with van der Waals surface area (Å²) in [5.74, 6) is 0. The molecule has 0 aliphatic heterocycles. The Hall–Kier alpha value is -1.90. The van der Waals surface area contributed by atoms with Gasteiger partial charge in [0.15, 0.2) is 0 Å². The maximum Gasteiger partial charge on any atom is 0.131 e. The molecule has 0 radical (unpaired) electrons. The van der Waals surface area contributed by atoms with Crippen LogP contribution in [0.1, 0.15) is 0 Å². The molecule has 0 fully saturated rings. The minimum atomic E-state index is 0.450. The third kappa shape index (κ3) is 1.33. The van der Waals surface area contributed by atoms with E-state index in [1.807, 2.05) is 30.3 Å². The molecule has 2 aromatic rings. The fraction of sp³-hybridized carbons (Fsp3) is 0.0909. The highest BCUT2D eigenvalue weighted by molar-refractivity contribution is 5.91. The summed E-state index contributed by atoms with van der Waals surface area (Å²) in [6, 6.07) is 11.6. The van der Waals surface area contributed by atoms with Gasteiger partial charge in [-0.05, 0) is 28.1 Å². The Morgan fingerprint density at radius 1 is 1.14 bits per heavy atom. The summed E-state index contributed by atoms with van der Waals surface area (Å²) in [7, 11) is 1.78. The van der Waals surface area contributed by atoms with Gasteiger partial charge >= 0.3 is 0 Å². The van der Waals surface area contributed by atoms with E-state index in [-0.39, 0.29) is 0 Å². The zero-order valence-electron chi connectivity index (χ0n) is 7.82. The van der Waals surface area contributed by atoms with Crippen LogP contribution in [0.15, 0.2) is 41.6 Å². The second kappa shape index (κ2) is 3.46. The largest absolute Gasteiger partial charge is 0.386 e. The molecule has 2 aromatic carbocycles. The van der Waals surface area contributed by atoms with E-state index in [0.29, 0.717) is 5.69 Å². The van der Waals surface area contributed by atoms with Crippen LogP contribution in [0.25, 0.3) is 10.8 Å². The van der Waals surface area contributed by atoms with Crippen LogP contribution < -0.4 is 5.32 Å². The molecule has 0 spiro atoms. The van der Waals surface area contributed by atoms with E-state index in [1.165, 1.54) is 0 Å². The molecule has 0 aliphatic rings. The van der Waals surface area contributed by atoms with Gasteiger partial charge in [0.25, 0.3) is 0 Å². The van der Waals surface area contributed by atoms with Gasteiger partial charge < -0.3 is 5.32 Å². The predicted molar refractivity (Wildman–Crippen MR) is 58.9 cm³/mol. The number of hydrogen-bond acceptors (Lipinski definition) is 3. The molecule has 70 valence electrons. The Kier molecular flexibility index (Phi) is 2.14. The third-order valence-electron chi connectivity index (χ3n) is 2.23. The predicted octanol–water partition coefficient (Wildman–Crippen LogP) is 3.28. The molecular formula is C11H10N2O. The highest BCUT2D eigenvalue weighted by Crippen LogP contribution is 2.29. The van der Waals surface area contributed by atoms with Crippen molar-refractivity contribution in [3.05, 3.63) is 41.3 Å². The summed E-state index contributed by atoms with van der Waals surface area (Å²) >= 11 is 0. The molecule has 0 aromatic heterocycles. The Morgan fingerprint density at radius 2 is 1.79 bits per heavy atom. The van der Waals surface area contributed by atoms with Crippen LogP contribution in [0.2, 0.25) is 0 Å². The number of fused-ring (bicyclic) bond motifs is 1. The number of nitrogens with one attached hydrogen (secondary N) is 1. The Morgan fingerprint density at radius 3 is 2.36 bits per heavy atom. The average molecular weight is 186 g/mol. The van der Waals surface area contributed by atoms with Crippen LogP contribution in [0, 0.1) is 4.91 Å². The van der Waals surface area contributed by atoms with E-state index < -0.39 is 0 Å². The van der Waals surface area contributed by atoms with Crippen LogP contribution in [-0.4, -0.2) is 7.05 Å². The fourth-order valence-corrected chi connectivity index (χ4v) is 1.50. The summed E-state index contributed by atoms with van der Waals surface area (Å²) in [6.45, 7) is 0. The second-order valence-electron chi connectivity index (χ2n) is 3.06. The molecule has 0 saturated carbocycles. The molecule has 0 bridgehead atoms. The van der Waals surface area contributed by atoms with Crippen LogP contribution >= 0.6 is 0 Å². The smallest absolute Gasteiger partial charge is 0.131 e. The van der Waals surface area contributed by atoms with Crippen molar-refractivity contribution in [2.24, 2.45) is 5.18 Å². The number of benzene rings is 2. The zero-order chi connectivity index (χ0) is 9.97. The van der Waals surface area contributed by atoms with Gasteiger partial charge in [0.05, 0.1) is 5.69 Å². The molecule has 0 atom stereocenters. The zero-order valence-corrected chi connectivity index (χ0v) is 7.82. The first-order chi connectivity index (χ1) is 6.85. The lowest BCUT2D eigenvalue weighted by atomic mass is 10.1. The van der Waals surface area contributed by atoms with Crippen LogP contribution in [0.5, 0.6) is 0 Å². The number of nitroso groups, excluding NO2 is 1. The molecule has 0 amide bonds. The van der Waals surface area contributed by atoms with Crippen LogP contribution in [0.3, 0.4) is 0 Å². The molecular weight excluding hydrogens is 176 g/mol. The van der Waals surface area contributed by atoms with Gasteiger partial charge in [-0.2, -0.15) is 0 Å². The minimum absolute atomic E-state index is 0.450. The minimum Gasteiger partial charge on any atom is -0.386 e. The molecule has 0 aliphatic carbocycles. The molecule has 2 rings (SSSR count). The highest BCUT2D eigenvalue weighted by atomic mass is 16.3. The molecule has 0 heterocycles. The molecule has 3 nitrogen and oxygen atoms in total. The maximum atomic E-state index is 10.5. The number of anilines is 1. The SMILES string of the molecule is CNc1cc2ccccc2cc1N=O. The molecule has 0 unspecified atom stereocenters. The first-order valence-corrected chi connectivity index (χ1v) is 4.39. The van der Waals surface area contributed by atoms with E-state index in [4.69, 9.17) is 0 Å². The standard InChI is InChI=1S/C11H10N2O/c1-12-10-6-8-4-2-3-5-9(8)7-11(10)13-14/h2-7,12H,1H3. The van der Waals surface area contributed by atoms with Crippen LogP contribution in [0.4, 0.5) is 11.4 Å². The molecule has 0 saturated heterocycles. The fourth-order valence-electron chi connectivity index (χ4n) is 1.50. The van der Waals surface area contributed by atoms with Gasteiger partial charge in [-0.3, -0.25) is 0 Å². The summed E-state index contributed by atoms with van der Waals surface area (Å²) in [6.07, 6.45) is 0. The van der Waals surface area contributed by atoms with Crippen molar-refractivity contribution in [2.75, 3.05) is 12.4 Å². The second-order valence-corrected chi connectivity index (χ2v) is 3.06. The van der Waals surface area contributed by atoms with Gasteiger partial charge in [-0.15, -0.1) is 4.91 Å². The Bertz CT molecular complexity index is 480. The van der Waals surface area contributed by atoms with Gasteiger partial charge in [0.1, 0.15) is 5.69 Å². The first-order valence-electron chi connectivity index (χ1n) is 4.39. The number of hydrogen-bond donors (Lipinski definition) is 1. The van der Waals surface area contributed by atoms with Gasteiger partial charge in [-0.25, -0.2) is 0 Å². The first kappa shape index (κ1) is 8.69. The van der Waals surface area contributed by atoms with Crippen molar-refractivity contribution < 1.29 is 0 Å². The Labute approximate surface area is 81.7 Å². The Balaban J connectivity index is 2.75. The molecule has 14 heavy (non-hydrogen) atoms. The molecule has 1 N–H and O–H groups in total. The lowest BCUT2D eigenvalue weighted by molar-refractivity contribution is 1.45. The van der Waals surface area contributed by atoms with Crippen molar-refractivity contribution in [1.82, 2.24) is 0 Å². The normalized spacial score (nSPS) is 10.1. The maximum absolute atomic E-state index is 10.5. The van der Waals surface area contributed by atoms with E-state index in [1.54, 1.807) is 13.1 Å². The van der Waals surface area contributed by atoms with E-state index in [9.17, 15) is 4.91 Å². The van der Waals surface area contributed by atoms with Gasteiger partial charge in [0, 0.05) is 7.05 Å². The van der Waals surface area contributed by atoms with E-state index in [2.05, 4.69) is 10.5 Å². The van der Waals surface area contributed by atoms with Crippen molar-refractivity contribution in [1.29, 1.82) is 0 Å². The van der Waals surface area contributed by atoms with Crippen molar-refractivity contribution in [3.8, 4) is 0 Å². The summed E-state index contributed by atoms with van der Waals surface area (Å²) in [4.78, 5) is 10.5. The quantitative estimate of drug-likeness (QED) is 0.731. The van der Waals surface area contributed by atoms with E-state index >= 15 is 0 Å². The van der Waals surface area contributed by atoms with Crippen molar-refractivity contribution in [2.45, 2.75) is 0 Å². The van der Waals surface area contributed by atoms with Crippen molar-refractivity contribution >= 4 is 22.1 Å². The summed E-state index contributed by atoms with van der Waals surface area (Å²) < 4.78 is 0. The van der Waals surface area contributed by atoms with Gasteiger partial charge in [0.2, 0.25) is 0 Å². The lowest BCUT2D eigenvalue weighted by Crippen LogP contribution is -1.88. The molecule has 3 heteroatoms. The van der Waals surface area contributed by atoms with E-state index in [0.717, 1.165) is 16.5 Å². The summed E-state index contributed by atoms with van der Waals surface area (Å²) in [5, 5.41) is 8.05. The number of nitrogens with zero attached hydrogens (tertiary/aromatic N) is 1. The monoisotopic (exact) mass is 186 g/mol. The van der Waals surface area contributed by atoms with Crippen LogP contribution in [-0.2, 0) is 0 Å². The van der Waals surface area contributed by atoms with Gasteiger partial charge in [-0.1, -0.05) is 24.3 Å². The lowest BCUT2D eigenvalue weighted by Gasteiger charge is -2.04.